The minimum Gasteiger partial charge on any atom is -0.377 e. The van der Waals surface area contributed by atoms with Crippen LogP contribution in [0.15, 0.2) is 24.3 Å². The Bertz CT molecular complexity index is 323. The summed E-state index contributed by atoms with van der Waals surface area (Å²) in [4.78, 5) is 0. The predicted octanol–water partition coefficient (Wildman–Crippen LogP) is 3.15. The third kappa shape index (κ3) is 2.51. The van der Waals surface area contributed by atoms with Crippen LogP contribution in [-0.4, -0.2) is 12.7 Å². The minimum atomic E-state index is -0.370. The zero-order valence-corrected chi connectivity index (χ0v) is 10.2. The van der Waals surface area contributed by atoms with Gasteiger partial charge in [-0.15, -0.1) is 0 Å². The van der Waals surface area contributed by atoms with Crippen LogP contribution in [0.1, 0.15) is 31.9 Å². The molecule has 0 saturated carbocycles. The quantitative estimate of drug-likeness (QED) is 0.858. The summed E-state index contributed by atoms with van der Waals surface area (Å²) in [6.45, 7) is 4.06. The van der Waals surface area contributed by atoms with Crippen molar-refractivity contribution in [2.24, 2.45) is 5.73 Å². The SMILES string of the molecule is CCC(C)(OC)C(N)c1ccccc1Cl. The van der Waals surface area contributed by atoms with Crippen molar-refractivity contribution in [1.29, 1.82) is 0 Å². The first-order valence-corrected chi connectivity index (χ1v) is 5.48. The Morgan fingerprint density at radius 1 is 1.47 bits per heavy atom. The van der Waals surface area contributed by atoms with Crippen LogP contribution < -0.4 is 5.73 Å². The van der Waals surface area contributed by atoms with E-state index in [0.29, 0.717) is 5.02 Å². The van der Waals surface area contributed by atoms with Crippen LogP contribution >= 0.6 is 11.6 Å². The lowest BCUT2D eigenvalue weighted by Crippen LogP contribution is -2.39. The highest BCUT2D eigenvalue weighted by Gasteiger charge is 2.31. The second kappa shape index (κ2) is 4.97. The van der Waals surface area contributed by atoms with Gasteiger partial charge < -0.3 is 10.5 Å². The van der Waals surface area contributed by atoms with Crippen molar-refractivity contribution >= 4 is 11.6 Å². The van der Waals surface area contributed by atoms with E-state index in [-0.39, 0.29) is 11.6 Å². The molecule has 0 aliphatic heterocycles. The third-order valence-electron chi connectivity index (χ3n) is 3.07. The van der Waals surface area contributed by atoms with Crippen LogP contribution in [0, 0.1) is 0 Å². The summed E-state index contributed by atoms with van der Waals surface area (Å²) in [6.07, 6.45) is 0.843. The Balaban J connectivity index is 3.03. The van der Waals surface area contributed by atoms with Crippen LogP contribution in [0.2, 0.25) is 5.02 Å². The van der Waals surface area contributed by atoms with Gasteiger partial charge in [0.1, 0.15) is 0 Å². The summed E-state index contributed by atoms with van der Waals surface area (Å²) in [5.74, 6) is 0. The number of methoxy groups -OCH3 is 1. The molecule has 1 rings (SSSR count). The Labute approximate surface area is 96.4 Å². The van der Waals surface area contributed by atoms with Crippen molar-refractivity contribution in [1.82, 2.24) is 0 Å². The van der Waals surface area contributed by atoms with Gasteiger partial charge in [0.2, 0.25) is 0 Å². The van der Waals surface area contributed by atoms with Gasteiger partial charge in [0.25, 0.3) is 0 Å². The molecule has 15 heavy (non-hydrogen) atoms. The van der Waals surface area contributed by atoms with Gasteiger partial charge in [0.15, 0.2) is 0 Å². The smallest absolute Gasteiger partial charge is 0.0840 e. The fourth-order valence-electron chi connectivity index (χ4n) is 1.55. The van der Waals surface area contributed by atoms with Gasteiger partial charge in [-0.2, -0.15) is 0 Å². The van der Waals surface area contributed by atoms with Gasteiger partial charge in [0, 0.05) is 12.1 Å². The van der Waals surface area contributed by atoms with Gasteiger partial charge in [-0.05, 0) is 25.0 Å². The van der Waals surface area contributed by atoms with Gasteiger partial charge in [-0.1, -0.05) is 36.7 Å². The summed E-state index contributed by atoms with van der Waals surface area (Å²) in [7, 11) is 1.68. The average molecular weight is 228 g/mol. The molecule has 2 atom stereocenters. The lowest BCUT2D eigenvalue weighted by molar-refractivity contribution is -0.0194. The zero-order valence-electron chi connectivity index (χ0n) is 9.46. The molecule has 0 spiro atoms. The van der Waals surface area contributed by atoms with Crippen LogP contribution in [0.3, 0.4) is 0 Å². The van der Waals surface area contributed by atoms with E-state index < -0.39 is 0 Å². The highest BCUT2D eigenvalue weighted by molar-refractivity contribution is 6.31. The summed E-state index contributed by atoms with van der Waals surface area (Å²) in [6, 6.07) is 7.42. The van der Waals surface area contributed by atoms with Crippen LogP contribution in [0.5, 0.6) is 0 Å². The number of benzene rings is 1. The number of hydrogen-bond donors (Lipinski definition) is 1. The van der Waals surface area contributed by atoms with Crippen LogP contribution in [0.4, 0.5) is 0 Å². The normalized spacial score (nSPS) is 17.1. The largest absolute Gasteiger partial charge is 0.377 e. The standard InChI is InChI=1S/C12H18ClNO/c1-4-12(2,15-3)11(14)9-7-5-6-8-10(9)13/h5-8,11H,4,14H2,1-3H3. The molecule has 0 aliphatic carbocycles. The number of nitrogens with two attached hydrogens (primary N) is 1. The lowest BCUT2D eigenvalue weighted by atomic mass is 9.88. The first kappa shape index (κ1) is 12.5. The molecule has 2 N–H and O–H groups in total. The van der Waals surface area contributed by atoms with Gasteiger partial charge in [-0.3, -0.25) is 0 Å². The van der Waals surface area contributed by atoms with Crippen LogP contribution in [0.25, 0.3) is 0 Å². The van der Waals surface area contributed by atoms with Gasteiger partial charge >= 0.3 is 0 Å². The number of hydrogen-bond acceptors (Lipinski definition) is 2. The first-order valence-electron chi connectivity index (χ1n) is 5.10. The number of ether oxygens (including phenoxy) is 1. The van der Waals surface area contributed by atoms with Crippen molar-refractivity contribution in [3.8, 4) is 0 Å². The fourth-order valence-corrected chi connectivity index (χ4v) is 1.80. The maximum atomic E-state index is 6.19. The van der Waals surface area contributed by atoms with Crippen LogP contribution in [-0.2, 0) is 4.74 Å². The maximum absolute atomic E-state index is 6.19. The molecule has 0 amide bonds. The second-order valence-electron chi connectivity index (χ2n) is 3.87. The van der Waals surface area contributed by atoms with Crippen molar-refractivity contribution in [3.63, 3.8) is 0 Å². The molecule has 2 unspecified atom stereocenters. The molecule has 0 saturated heterocycles. The average Bonchev–Trinajstić information content (AvgIpc) is 2.28. The molecule has 2 nitrogen and oxygen atoms in total. The molecule has 3 heteroatoms. The molecular weight excluding hydrogens is 210 g/mol. The van der Waals surface area contributed by atoms with Gasteiger partial charge in [0.05, 0.1) is 11.6 Å². The van der Waals surface area contributed by atoms with Crippen molar-refractivity contribution in [3.05, 3.63) is 34.9 Å². The highest BCUT2D eigenvalue weighted by Crippen LogP contribution is 2.32. The Morgan fingerprint density at radius 3 is 2.53 bits per heavy atom. The van der Waals surface area contributed by atoms with E-state index in [1.807, 2.05) is 31.2 Å². The number of rotatable bonds is 4. The zero-order chi connectivity index (χ0) is 11.5. The van der Waals surface area contributed by atoms with E-state index >= 15 is 0 Å². The number of halogens is 1. The molecule has 1 aromatic carbocycles. The monoisotopic (exact) mass is 227 g/mol. The summed E-state index contributed by atoms with van der Waals surface area (Å²) in [5.41, 5.74) is 6.75. The maximum Gasteiger partial charge on any atom is 0.0840 e. The molecule has 0 bridgehead atoms. The van der Waals surface area contributed by atoms with E-state index in [0.717, 1.165) is 12.0 Å². The Morgan fingerprint density at radius 2 is 2.07 bits per heavy atom. The topological polar surface area (TPSA) is 35.2 Å². The molecule has 0 radical (unpaired) electrons. The fraction of sp³-hybridized carbons (Fsp3) is 0.500. The molecule has 0 heterocycles. The molecule has 0 aromatic heterocycles. The van der Waals surface area contributed by atoms with Crippen molar-refractivity contribution < 1.29 is 4.74 Å². The van der Waals surface area contributed by atoms with E-state index in [9.17, 15) is 0 Å². The summed E-state index contributed by atoms with van der Waals surface area (Å²) in [5, 5.41) is 0.696. The Hall–Kier alpha value is -0.570. The molecule has 0 fully saturated rings. The van der Waals surface area contributed by atoms with E-state index in [1.165, 1.54) is 0 Å². The van der Waals surface area contributed by atoms with Crippen molar-refractivity contribution in [2.75, 3.05) is 7.11 Å². The molecule has 84 valence electrons. The highest BCUT2D eigenvalue weighted by atomic mass is 35.5. The third-order valence-corrected chi connectivity index (χ3v) is 3.41. The van der Waals surface area contributed by atoms with E-state index in [1.54, 1.807) is 7.11 Å². The minimum absolute atomic E-state index is 0.207. The molecule has 1 aromatic rings. The van der Waals surface area contributed by atoms with Crippen molar-refractivity contribution in [2.45, 2.75) is 31.9 Å². The molecule has 0 aliphatic rings. The molecular formula is C12H18ClNO. The second-order valence-corrected chi connectivity index (χ2v) is 4.28. The predicted molar refractivity (Wildman–Crippen MR) is 64.1 cm³/mol. The van der Waals surface area contributed by atoms with Gasteiger partial charge in [-0.25, -0.2) is 0 Å². The van der Waals surface area contributed by atoms with E-state index in [2.05, 4.69) is 6.92 Å². The summed E-state index contributed by atoms with van der Waals surface area (Å²) < 4.78 is 5.47. The first-order chi connectivity index (χ1) is 7.05. The Kier molecular flexibility index (Phi) is 4.14. The van der Waals surface area contributed by atoms with E-state index in [4.69, 9.17) is 22.1 Å². The summed E-state index contributed by atoms with van der Waals surface area (Å²) >= 11 is 6.10. The lowest BCUT2D eigenvalue weighted by Gasteiger charge is -2.33.